The minimum atomic E-state index is -0.253. The Bertz CT molecular complexity index is 631. The summed E-state index contributed by atoms with van der Waals surface area (Å²) in [4.78, 5) is 11.5. The van der Waals surface area contributed by atoms with Crippen LogP contribution in [0.1, 0.15) is 99.3 Å². The van der Waals surface area contributed by atoms with Crippen molar-refractivity contribution < 1.29 is 19.7 Å². The lowest BCUT2D eigenvalue weighted by molar-refractivity contribution is -0.167. The summed E-state index contributed by atoms with van der Waals surface area (Å²) in [5.41, 5.74) is 0.469. The maximum atomic E-state index is 11.5. The number of hydrogen-bond acceptors (Lipinski definition) is 4. The second kappa shape index (κ2) is 11.5. The highest BCUT2D eigenvalue weighted by atomic mass is 16.5. The zero-order valence-corrected chi connectivity index (χ0v) is 21.8. The quantitative estimate of drug-likeness (QED) is 0.398. The van der Waals surface area contributed by atoms with Crippen LogP contribution < -0.4 is 0 Å². The van der Waals surface area contributed by atoms with Crippen molar-refractivity contribution >= 4 is 5.97 Å². The van der Waals surface area contributed by atoms with Crippen LogP contribution in [0.4, 0.5) is 0 Å². The van der Waals surface area contributed by atoms with Crippen LogP contribution in [0.5, 0.6) is 0 Å². The average Bonchev–Trinajstić information content (AvgIpc) is 3.14. The van der Waals surface area contributed by atoms with Gasteiger partial charge in [-0.3, -0.25) is 4.79 Å². The van der Waals surface area contributed by atoms with Crippen LogP contribution in [0.15, 0.2) is 12.2 Å². The largest absolute Gasteiger partial charge is 0.469 e. The van der Waals surface area contributed by atoms with Gasteiger partial charge in [0.15, 0.2) is 0 Å². The molecule has 0 spiro atoms. The van der Waals surface area contributed by atoms with Gasteiger partial charge in [0.25, 0.3) is 0 Å². The topological polar surface area (TPSA) is 66.8 Å². The molecule has 0 aromatic carbocycles. The maximum Gasteiger partial charge on any atom is 0.305 e. The molecule has 3 fully saturated rings. The Labute approximate surface area is 197 Å². The predicted octanol–water partition coefficient (Wildman–Crippen LogP) is 6.15. The molecule has 186 valence electrons. The van der Waals surface area contributed by atoms with E-state index in [0.717, 1.165) is 38.5 Å². The van der Waals surface area contributed by atoms with Crippen molar-refractivity contribution in [2.24, 2.45) is 40.4 Å². The molecule has 3 saturated carbocycles. The van der Waals surface area contributed by atoms with Gasteiger partial charge in [-0.2, -0.15) is 0 Å². The molecule has 0 aromatic heterocycles. The van der Waals surface area contributed by atoms with E-state index in [1.807, 2.05) is 27.7 Å². The third-order valence-electron chi connectivity index (χ3n) is 9.48. The van der Waals surface area contributed by atoms with Crippen LogP contribution in [0.3, 0.4) is 0 Å². The molecule has 0 bridgehead atoms. The molecule has 0 unspecified atom stereocenters. The summed E-state index contributed by atoms with van der Waals surface area (Å²) >= 11 is 0. The van der Waals surface area contributed by atoms with E-state index in [2.05, 4.69) is 26.0 Å². The summed E-state index contributed by atoms with van der Waals surface area (Å²) in [6.45, 7) is 12.9. The normalized spacial score (nSPS) is 44.0. The molecule has 0 heterocycles. The molecule has 0 aliphatic heterocycles. The molecule has 4 aliphatic carbocycles. The van der Waals surface area contributed by atoms with Crippen molar-refractivity contribution in [2.45, 2.75) is 112 Å². The predicted molar refractivity (Wildman–Crippen MR) is 131 cm³/mol. The van der Waals surface area contributed by atoms with E-state index >= 15 is 0 Å². The number of ether oxygens (including phenoxy) is 1. The van der Waals surface area contributed by atoms with Crippen LogP contribution in [0.2, 0.25) is 0 Å². The van der Waals surface area contributed by atoms with E-state index in [0.29, 0.717) is 36.0 Å². The van der Waals surface area contributed by atoms with Gasteiger partial charge in [-0.1, -0.05) is 53.7 Å². The Morgan fingerprint density at radius 2 is 1.66 bits per heavy atom. The highest BCUT2D eigenvalue weighted by molar-refractivity contribution is 5.69. The van der Waals surface area contributed by atoms with Gasteiger partial charge in [-0.05, 0) is 91.8 Å². The summed E-state index contributed by atoms with van der Waals surface area (Å²) in [7, 11) is 1.46. The first kappa shape index (κ1) is 27.4. The van der Waals surface area contributed by atoms with Crippen molar-refractivity contribution in [3.8, 4) is 0 Å². The van der Waals surface area contributed by atoms with Crippen molar-refractivity contribution in [2.75, 3.05) is 7.11 Å². The molecule has 0 amide bonds. The molecule has 0 aromatic rings. The van der Waals surface area contributed by atoms with E-state index in [4.69, 9.17) is 4.74 Å². The molecule has 2 N–H and O–H groups in total. The monoisotopic (exact) mass is 450 g/mol. The van der Waals surface area contributed by atoms with Gasteiger partial charge < -0.3 is 14.9 Å². The van der Waals surface area contributed by atoms with Gasteiger partial charge in [-0.15, -0.1) is 0 Å². The van der Waals surface area contributed by atoms with Gasteiger partial charge >= 0.3 is 5.97 Å². The number of hydrogen-bond donors (Lipinski definition) is 2. The Kier molecular flexibility index (Phi) is 9.85. The fraction of sp³-hybridized carbons (Fsp3) is 0.893. The maximum absolute atomic E-state index is 11.5. The molecule has 32 heavy (non-hydrogen) atoms. The third-order valence-corrected chi connectivity index (χ3v) is 9.48. The first-order valence-corrected chi connectivity index (χ1v) is 13.4. The molecular weight excluding hydrogens is 400 g/mol. The molecule has 4 nitrogen and oxygen atoms in total. The minimum absolute atomic E-state index is 0.117. The summed E-state index contributed by atoms with van der Waals surface area (Å²) in [6, 6.07) is 0. The van der Waals surface area contributed by atoms with Crippen LogP contribution in [-0.4, -0.2) is 35.5 Å². The summed E-state index contributed by atoms with van der Waals surface area (Å²) in [5, 5.41) is 21.4. The molecule has 0 radical (unpaired) electrons. The zero-order chi connectivity index (χ0) is 24.1. The number of aliphatic hydroxyl groups is 2. The molecule has 4 rings (SSSR count). The van der Waals surface area contributed by atoms with Crippen molar-refractivity contribution in [1.29, 1.82) is 0 Å². The number of rotatable bonds is 4. The second-order valence-corrected chi connectivity index (χ2v) is 10.6. The lowest BCUT2D eigenvalue weighted by Crippen LogP contribution is -2.58. The SMILES string of the molecule is CC.CC.COC(=O)CCC[C@H]1C=C[C@H]2[C@@H]3[C@@H](O)C[C@@H]4C[C@H](O)CC[C@]4(C)[C@H]3CC[C@]12C. The smallest absolute Gasteiger partial charge is 0.305 e. The lowest BCUT2D eigenvalue weighted by atomic mass is 9.44. The Morgan fingerprint density at radius 3 is 2.31 bits per heavy atom. The highest BCUT2D eigenvalue weighted by Gasteiger charge is 2.61. The van der Waals surface area contributed by atoms with Gasteiger partial charge in [0.2, 0.25) is 0 Å². The Balaban J connectivity index is 0.000000860. The van der Waals surface area contributed by atoms with E-state index in [1.165, 1.54) is 20.0 Å². The third kappa shape index (κ3) is 4.97. The molecule has 0 saturated heterocycles. The summed E-state index contributed by atoms with van der Waals surface area (Å²) < 4.78 is 4.79. The van der Waals surface area contributed by atoms with Crippen LogP contribution in [-0.2, 0) is 9.53 Å². The number of methoxy groups -OCH3 is 1. The van der Waals surface area contributed by atoms with E-state index < -0.39 is 0 Å². The minimum Gasteiger partial charge on any atom is -0.469 e. The Hall–Kier alpha value is -0.870. The van der Waals surface area contributed by atoms with Crippen molar-refractivity contribution in [3.05, 3.63) is 12.2 Å². The van der Waals surface area contributed by atoms with Gasteiger partial charge in [0.05, 0.1) is 19.3 Å². The fourth-order valence-corrected chi connectivity index (χ4v) is 7.74. The molecule has 4 aliphatic rings. The summed E-state index contributed by atoms with van der Waals surface area (Å²) in [5.74, 6) is 2.18. The lowest BCUT2D eigenvalue weighted by Gasteiger charge is -2.62. The van der Waals surface area contributed by atoms with Gasteiger partial charge in [-0.25, -0.2) is 0 Å². The number of fused-ring (bicyclic) bond motifs is 5. The van der Waals surface area contributed by atoms with Crippen molar-refractivity contribution in [1.82, 2.24) is 0 Å². The standard InChI is InChI=1S/C24H38O4.2C2H6/c1-23-12-10-19-22(18(23)8-7-15(23)5-4-6-21(27)28-3)20(26)14-16-13-17(25)9-11-24(16,19)2;2*1-2/h7-8,15-20,22,25-26H,4-6,9-14H2,1-3H3;2*1-2H3/t15-,16-,17+,18-,19-,20-,22-,23+,24-;;/m0../s1. The van der Waals surface area contributed by atoms with E-state index in [1.54, 1.807) is 0 Å². The number of carbonyl (C=O) groups excluding carboxylic acids is 1. The van der Waals surface area contributed by atoms with E-state index in [9.17, 15) is 15.0 Å². The van der Waals surface area contributed by atoms with Gasteiger partial charge in [0, 0.05) is 6.42 Å². The average molecular weight is 451 g/mol. The van der Waals surface area contributed by atoms with Crippen LogP contribution in [0, 0.1) is 40.4 Å². The number of aliphatic hydroxyl groups excluding tert-OH is 2. The number of esters is 1. The fourth-order valence-electron chi connectivity index (χ4n) is 7.74. The first-order valence-electron chi connectivity index (χ1n) is 13.4. The highest BCUT2D eigenvalue weighted by Crippen LogP contribution is 2.66. The van der Waals surface area contributed by atoms with Crippen LogP contribution in [0.25, 0.3) is 0 Å². The van der Waals surface area contributed by atoms with Crippen molar-refractivity contribution in [3.63, 3.8) is 0 Å². The Morgan fingerprint density at radius 1 is 1.00 bits per heavy atom. The number of carbonyl (C=O) groups is 1. The van der Waals surface area contributed by atoms with Gasteiger partial charge in [0.1, 0.15) is 0 Å². The molecular formula is C28H50O4. The van der Waals surface area contributed by atoms with E-state index in [-0.39, 0.29) is 29.0 Å². The molecule has 4 heteroatoms. The zero-order valence-electron chi connectivity index (χ0n) is 21.8. The first-order chi connectivity index (χ1) is 15.3. The molecule has 9 atom stereocenters. The number of allylic oxidation sites excluding steroid dienone is 2. The second-order valence-electron chi connectivity index (χ2n) is 10.6. The van der Waals surface area contributed by atoms with Crippen LogP contribution >= 0.6 is 0 Å². The summed E-state index contributed by atoms with van der Waals surface area (Å²) in [6.07, 6.45) is 12.9.